The largest absolute Gasteiger partial charge is 0.488 e. The summed E-state index contributed by atoms with van der Waals surface area (Å²) in [5.74, 6) is 0.728. The van der Waals surface area contributed by atoms with Gasteiger partial charge in [0.15, 0.2) is 0 Å². The summed E-state index contributed by atoms with van der Waals surface area (Å²) in [5.41, 5.74) is 8.79. The van der Waals surface area contributed by atoms with E-state index >= 15 is 0 Å². The van der Waals surface area contributed by atoms with E-state index in [1.165, 1.54) is 5.56 Å². The first-order valence-corrected chi connectivity index (χ1v) is 6.15. The van der Waals surface area contributed by atoms with Gasteiger partial charge in [0.2, 0.25) is 0 Å². The van der Waals surface area contributed by atoms with E-state index in [1.54, 1.807) is 0 Å². The average molecular weight is 257 g/mol. The second kappa shape index (κ2) is 5.65. The summed E-state index contributed by atoms with van der Waals surface area (Å²) in [5, 5.41) is 0. The second-order valence-electron chi connectivity index (χ2n) is 4.14. The molecule has 0 aromatic heterocycles. The maximum absolute atomic E-state index is 5.77. The zero-order valence-corrected chi connectivity index (χ0v) is 11.0. The van der Waals surface area contributed by atoms with Crippen molar-refractivity contribution in [3.63, 3.8) is 0 Å². The molecular weight excluding hydrogens is 242 g/mol. The monoisotopic (exact) mass is 257 g/mol. The van der Waals surface area contributed by atoms with Crippen molar-refractivity contribution in [3.05, 3.63) is 65.2 Å². The van der Waals surface area contributed by atoms with E-state index < -0.39 is 0 Å². The van der Waals surface area contributed by atoms with Crippen molar-refractivity contribution in [1.29, 1.82) is 0 Å². The summed E-state index contributed by atoms with van der Waals surface area (Å²) in [7, 11) is 0. The van der Waals surface area contributed by atoms with Crippen LogP contribution in [0.1, 0.15) is 16.7 Å². The van der Waals surface area contributed by atoms with E-state index in [1.807, 2.05) is 36.4 Å². The molecule has 0 aliphatic carbocycles. The van der Waals surface area contributed by atoms with Crippen LogP contribution in [-0.2, 0) is 6.61 Å². The average Bonchev–Trinajstić information content (AvgIpc) is 2.37. The fourth-order valence-electron chi connectivity index (χ4n) is 1.76. The van der Waals surface area contributed by atoms with Crippen LogP contribution in [0.3, 0.4) is 0 Å². The van der Waals surface area contributed by atoms with Crippen molar-refractivity contribution in [2.75, 3.05) is 0 Å². The predicted octanol–water partition coefficient (Wildman–Crippen LogP) is 3.21. The van der Waals surface area contributed by atoms with Gasteiger partial charge in [-0.2, -0.15) is 0 Å². The van der Waals surface area contributed by atoms with E-state index in [0.717, 1.165) is 16.9 Å². The first kappa shape index (κ1) is 12.6. The van der Waals surface area contributed by atoms with Crippen LogP contribution < -0.4 is 10.5 Å². The number of para-hydroxylation sites is 1. The van der Waals surface area contributed by atoms with Crippen LogP contribution >= 0.6 is 12.2 Å². The Hall–Kier alpha value is -1.87. The third-order valence-electron chi connectivity index (χ3n) is 2.63. The lowest BCUT2D eigenvalue weighted by Crippen LogP contribution is -2.11. The van der Waals surface area contributed by atoms with Crippen molar-refractivity contribution in [1.82, 2.24) is 0 Å². The summed E-state index contributed by atoms with van der Waals surface area (Å²) >= 11 is 5.00. The van der Waals surface area contributed by atoms with Crippen LogP contribution in [0.2, 0.25) is 0 Å². The molecule has 0 atom stereocenters. The van der Waals surface area contributed by atoms with Crippen LogP contribution in [0.15, 0.2) is 48.5 Å². The number of nitrogens with two attached hydrogens (primary N) is 1. The first-order chi connectivity index (χ1) is 8.66. The number of hydrogen-bond donors (Lipinski definition) is 1. The molecule has 0 saturated carbocycles. The van der Waals surface area contributed by atoms with Gasteiger partial charge in [0, 0.05) is 0 Å². The summed E-state index contributed by atoms with van der Waals surface area (Å²) in [4.78, 5) is 0.356. The normalized spacial score (nSPS) is 10.1. The maximum Gasteiger partial charge on any atom is 0.129 e. The lowest BCUT2D eigenvalue weighted by Gasteiger charge is -2.10. The lowest BCUT2D eigenvalue weighted by molar-refractivity contribution is 0.305. The van der Waals surface area contributed by atoms with Crippen molar-refractivity contribution in [2.45, 2.75) is 13.5 Å². The third kappa shape index (κ3) is 3.08. The summed E-state index contributed by atoms with van der Waals surface area (Å²) < 4.78 is 5.77. The summed E-state index contributed by atoms with van der Waals surface area (Å²) in [6.07, 6.45) is 0. The summed E-state index contributed by atoms with van der Waals surface area (Å²) in [6, 6.07) is 15.8. The molecule has 2 aromatic carbocycles. The van der Waals surface area contributed by atoms with Gasteiger partial charge in [-0.15, -0.1) is 0 Å². The maximum atomic E-state index is 5.77. The number of rotatable bonds is 4. The molecule has 0 amide bonds. The summed E-state index contributed by atoms with van der Waals surface area (Å²) in [6.45, 7) is 2.58. The van der Waals surface area contributed by atoms with Gasteiger partial charge in [0.25, 0.3) is 0 Å². The molecule has 0 radical (unpaired) electrons. The van der Waals surface area contributed by atoms with E-state index in [4.69, 9.17) is 22.7 Å². The quantitative estimate of drug-likeness (QED) is 0.854. The molecule has 92 valence electrons. The minimum Gasteiger partial charge on any atom is -0.488 e. The topological polar surface area (TPSA) is 35.2 Å². The molecule has 0 bridgehead atoms. The zero-order chi connectivity index (χ0) is 13.0. The number of hydrogen-bond acceptors (Lipinski definition) is 2. The Balaban J connectivity index is 2.13. The Morgan fingerprint density at radius 2 is 1.94 bits per heavy atom. The number of ether oxygens (including phenoxy) is 1. The zero-order valence-electron chi connectivity index (χ0n) is 10.2. The van der Waals surface area contributed by atoms with Gasteiger partial charge >= 0.3 is 0 Å². The lowest BCUT2D eigenvalue weighted by atomic mass is 10.1. The van der Waals surface area contributed by atoms with Crippen LogP contribution in [0.5, 0.6) is 5.75 Å². The van der Waals surface area contributed by atoms with Crippen LogP contribution in [0.4, 0.5) is 0 Å². The molecule has 0 unspecified atom stereocenters. The molecule has 2 nitrogen and oxygen atoms in total. The van der Waals surface area contributed by atoms with Crippen LogP contribution in [0, 0.1) is 6.92 Å². The highest BCUT2D eigenvalue weighted by Gasteiger charge is 2.05. The van der Waals surface area contributed by atoms with Crippen LogP contribution in [0.25, 0.3) is 0 Å². The van der Waals surface area contributed by atoms with Gasteiger partial charge in [0.05, 0.1) is 5.56 Å². The molecule has 0 spiro atoms. The Morgan fingerprint density at radius 3 is 2.67 bits per heavy atom. The molecule has 0 heterocycles. The SMILES string of the molecule is Cc1cccc(COc2ccccc2C(N)=S)c1. The molecule has 0 aliphatic rings. The molecule has 2 rings (SSSR count). The number of benzene rings is 2. The fourth-order valence-corrected chi connectivity index (χ4v) is 1.93. The Bertz CT molecular complexity index is 566. The molecule has 2 aromatic rings. The molecule has 3 heteroatoms. The van der Waals surface area contributed by atoms with E-state index in [0.29, 0.717) is 11.6 Å². The molecule has 0 aliphatic heterocycles. The number of thiocarbonyl (C=S) groups is 1. The van der Waals surface area contributed by atoms with E-state index in [-0.39, 0.29) is 0 Å². The highest BCUT2D eigenvalue weighted by atomic mass is 32.1. The van der Waals surface area contributed by atoms with Gasteiger partial charge < -0.3 is 10.5 Å². The van der Waals surface area contributed by atoms with Crippen molar-refractivity contribution in [2.24, 2.45) is 5.73 Å². The van der Waals surface area contributed by atoms with Crippen molar-refractivity contribution < 1.29 is 4.74 Å². The van der Waals surface area contributed by atoms with E-state index in [9.17, 15) is 0 Å². The molecule has 0 saturated heterocycles. The number of aryl methyl sites for hydroxylation is 1. The second-order valence-corrected chi connectivity index (χ2v) is 4.58. The fraction of sp³-hybridized carbons (Fsp3) is 0.133. The minimum absolute atomic E-state index is 0.356. The predicted molar refractivity (Wildman–Crippen MR) is 77.8 cm³/mol. The van der Waals surface area contributed by atoms with Crippen LogP contribution in [-0.4, -0.2) is 4.99 Å². The van der Waals surface area contributed by atoms with E-state index in [2.05, 4.69) is 19.1 Å². The van der Waals surface area contributed by atoms with Gasteiger partial charge in [-0.25, -0.2) is 0 Å². The van der Waals surface area contributed by atoms with Gasteiger partial charge in [-0.05, 0) is 24.6 Å². The van der Waals surface area contributed by atoms with Crippen molar-refractivity contribution in [3.8, 4) is 5.75 Å². The standard InChI is InChI=1S/C15H15NOS/c1-11-5-4-6-12(9-11)10-17-14-8-3-2-7-13(14)15(16)18/h2-9H,10H2,1H3,(H2,16,18). The Morgan fingerprint density at radius 1 is 1.17 bits per heavy atom. The van der Waals surface area contributed by atoms with Crippen molar-refractivity contribution >= 4 is 17.2 Å². The first-order valence-electron chi connectivity index (χ1n) is 5.74. The smallest absolute Gasteiger partial charge is 0.129 e. The van der Waals surface area contributed by atoms with Gasteiger partial charge in [0.1, 0.15) is 17.3 Å². The minimum atomic E-state index is 0.356. The highest BCUT2D eigenvalue weighted by molar-refractivity contribution is 7.80. The van der Waals surface area contributed by atoms with Gasteiger partial charge in [-0.3, -0.25) is 0 Å². The molecular formula is C15H15NOS. The Kier molecular flexibility index (Phi) is 3.95. The molecule has 0 fully saturated rings. The Labute approximate surface area is 112 Å². The highest BCUT2D eigenvalue weighted by Crippen LogP contribution is 2.19. The van der Waals surface area contributed by atoms with Gasteiger partial charge in [-0.1, -0.05) is 54.2 Å². The third-order valence-corrected chi connectivity index (χ3v) is 2.85. The molecule has 2 N–H and O–H groups in total. The molecule has 18 heavy (non-hydrogen) atoms.